The van der Waals surface area contributed by atoms with Crippen LogP contribution >= 0.6 is 0 Å². The van der Waals surface area contributed by atoms with E-state index in [4.69, 9.17) is 18.6 Å². The number of hydrogen-bond donors (Lipinski definition) is 0. The zero-order chi connectivity index (χ0) is 30.2. The molecule has 3 aromatic rings. The number of fused-ring (bicyclic) bond motifs is 1. The lowest BCUT2D eigenvalue weighted by molar-refractivity contribution is 0.0729. The highest BCUT2D eigenvalue weighted by Gasteiger charge is 2.22. The largest absolute Gasteiger partial charge is 0.489 e. The number of rotatable bonds is 18. The Balaban J connectivity index is 1.74. The number of carbonyl (C=O) groups is 1. The molecule has 0 fully saturated rings. The van der Waals surface area contributed by atoms with Crippen LogP contribution in [-0.2, 0) is 0 Å². The van der Waals surface area contributed by atoms with Crippen LogP contribution in [0.2, 0.25) is 0 Å². The molecule has 6 nitrogen and oxygen atoms in total. The average Bonchev–Trinajstić information content (AvgIpc) is 2.97. The maximum Gasteiger partial charge on any atom is 0.383 e. The first-order valence-electron chi connectivity index (χ1n) is 15.3. The van der Waals surface area contributed by atoms with Gasteiger partial charge in [0.1, 0.15) is 17.9 Å². The Kier molecular flexibility index (Phi) is 13.9. The first-order chi connectivity index (χ1) is 20.4. The number of unbranched alkanes of at least 4 members (excludes halogenated alkanes) is 7. The number of benzene rings is 2. The Morgan fingerprint density at radius 1 is 0.833 bits per heavy atom. The second-order valence-corrected chi connectivity index (χ2v) is 11.0. The van der Waals surface area contributed by atoms with Gasteiger partial charge < -0.3 is 18.6 Å². The molecule has 0 atom stereocenters. The third-order valence-corrected chi connectivity index (χ3v) is 7.01. The van der Waals surface area contributed by atoms with Crippen LogP contribution in [0.5, 0.6) is 17.2 Å². The van der Waals surface area contributed by atoms with Gasteiger partial charge in [-0.3, -0.25) is 0 Å². The molecule has 0 saturated carbocycles. The molecule has 0 radical (unpaired) electrons. The first-order valence-corrected chi connectivity index (χ1v) is 15.3. The Morgan fingerprint density at radius 3 is 2.26 bits per heavy atom. The lowest BCUT2D eigenvalue weighted by Gasteiger charge is -2.13. The summed E-state index contributed by atoms with van der Waals surface area (Å²) >= 11 is 0. The predicted molar refractivity (Wildman–Crippen MR) is 170 cm³/mol. The summed E-state index contributed by atoms with van der Waals surface area (Å²) in [4.78, 5) is 26.0. The average molecular weight is 575 g/mol. The van der Waals surface area contributed by atoms with Crippen molar-refractivity contribution >= 4 is 16.9 Å². The summed E-state index contributed by atoms with van der Waals surface area (Å²) in [6, 6.07) is 13.8. The third-order valence-electron chi connectivity index (χ3n) is 7.01. The quantitative estimate of drug-likeness (QED) is 0.0652. The van der Waals surface area contributed by atoms with E-state index in [9.17, 15) is 9.59 Å². The van der Waals surface area contributed by atoms with Crippen molar-refractivity contribution in [3.05, 3.63) is 87.8 Å². The zero-order valence-corrected chi connectivity index (χ0v) is 25.7. The number of carbonyl (C=O) groups excluding carboxylic acids is 1. The van der Waals surface area contributed by atoms with Crippen LogP contribution in [0.3, 0.4) is 0 Å². The molecule has 0 bridgehead atoms. The summed E-state index contributed by atoms with van der Waals surface area (Å²) < 4.78 is 23.2. The van der Waals surface area contributed by atoms with E-state index in [-0.39, 0.29) is 17.1 Å². The van der Waals surface area contributed by atoms with Crippen molar-refractivity contribution in [2.45, 2.75) is 91.9 Å². The molecule has 1 aromatic heterocycles. The van der Waals surface area contributed by atoms with Crippen LogP contribution in [0.15, 0.2) is 81.0 Å². The van der Waals surface area contributed by atoms with Crippen molar-refractivity contribution < 1.29 is 23.4 Å². The van der Waals surface area contributed by atoms with Gasteiger partial charge in [0, 0.05) is 6.07 Å². The second-order valence-electron chi connectivity index (χ2n) is 11.0. The summed E-state index contributed by atoms with van der Waals surface area (Å²) in [5, 5.41) is 0.464. The molecule has 0 aliphatic heterocycles. The van der Waals surface area contributed by atoms with Gasteiger partial charge in [-0.05, 0) is 70.4 Å². The molecule has 226 valence electrons. The van der Waals surface area contributed by atoms with Crippen LogP contribution in [0.4, 0.5) is 0 Å². The van der Waals surface area contributed by atoms with Gasteiger partial charge in [-0.1, -0.05) is 87.3 Å². The van der Waals surface area contributed by atoms with E-state index in [1.54, 1.807) is 42.5 Å². The monoisotopic (exact) mass is 574 g/mol. The highest BCUT2D eigenvalue weighted by Crippen LogP contribution is 2.35. The predicted octanol–water partition coefficient (Wildman–Crippen LogP) is 9.60. The molecule has 6 heteroatoms. The van der Waals surface area contributed by atoms with Crippen molar-refractivity contribution in [2.75, 3.05) is 13.2 Å². The Hall–Kier alpha value is -3.80. The lowest BCUT2D eigenvalue weighted by Crippen LogP contribution is -2.15. The van der Waals surface area contributed by atoms with Crippen LogP contribution in [0.25, 0.3) is 11.0 Å². The first kappa shape index (κ1) is 32.7. The minimum atomic E-state index is -0.690. The molecule has 0 aliphatic carbocycles. The van der Waals surface area contributed by atoms with Crippen LogP contribution in [0.1, 0.15) is 102 Å². The van der Waals surface area contributed by atoms with Gasteiger partial charge in [0.25, 0.3) is 0 Å². The van der Waals surface area contributed by atoms with Gasteiger partial charge >= 0.3 is 11.6 Å². The standard InChI is InChI=1S/C36H46O6/c1-5-6-7-8-9-10-11-15-24-40-34-33(42-35(37)29-19-13-12-14-20-29)31-22-21-30(26-32(31)41-36(34)38)39-25-23-28(4)18-16-17-27(2)3/h12-14,17,19-23,26H,5-11,15-16,18,24-25H2,1-4H3. The van der Waals surface area contributed by atoms with Gasteiger partial charge in [-0.2, -0.15) is 0 Å². The Bertz CT molecular complexity index is 1380. The molecule has 0 aliphatic rings. The molecule has 42 heavy (non-hydrogen) atoms. The van der Waals surface area contributed by atoms with Gasteiger partial charge in [0.15, 0.2) is 5.75 Å². The normalized spacial score (nSPS) is 11.4. The summed E-state index contributed by atoms with van der Waals surface area (Å²) in [7, 11) is 0. The fourth-order valence-corrected chi connectivity index (χ4v) is 4.56. The van der Waals surface area contributed by atoms with Gasteiger partial charge in [-0.15, -0.1) is 0 Å². The number of ether oxygens (including phenoxy) is 3. The third kappa shape index (κ3) is 10.9. The van der Waals surface area contributed by atoms with E-state index >= 15 is 0 Å². The highest BCUT2D eigenvalue weighted by molar-refractivity contribution is 5.95. The smallest absolute Gasteiger partial charge is 0.383 e. The van der Waals surface area contributed by atoms with Crippen molar-refractivity contribution in [3.63, 3.8) is 0 Å². The van der Waals surface area contributed by atoms with E-state index in [1.807, 2.05) is 6.07 Å². The van der Waals surface area contributed by atoms with Crippen LogP contribution in [-0.4, -0.2) is 19.2 Å². The summed E-state index contributed by atoms with van der Waals surface area (Å²) in [6.45, 7) is 9.23. The van der Waals surface area contributed by atoms with Crippen molar-refractivity contribution in [2.24, 2.45) is 0 Å². The SMILES string of the molecule is CCCCCCCCCCOc1c(OC(=O)c2ccccc2)c2ccc(OCC=C(C)CCC=C(C)C)cc2oc1=O. The molecular formula is C36H46O6. The Labute approximate surface area is 250 Å². The second kappa shape index (κ2) is 17.9. The number of esters is 1. The fraction of sp³-hybridized carbons (Fsp3) is 0.444. The van der Waals surface area contributed by atoms with E-state index < -0.39 is 11.6 Å². The van der Waals surface area contributed by atoms with Gasteiger partial charge in [0.05, 0.1) is 17.6 Å². The summed E-state index contributed by atoms with van der Waals surface area (Å²) in [5.74, 6) is -0.0463. The zero-order valence-electron chi connectivity index (χ0n) is 25.7. The molecule has 0 unspecified atom stereocenters. The fourth-order valence-electron chi connectivity index (χ4n) is 4.56. The molecule has 0 saturated heterocycles. The number of allylic oxidation sites excluding steroid dienone is 3. The maximum atomic E-state index is 13.1. The molecule has 0 N–H and O–H groups in total. The minimum absolute atomic E-state index is 0.0660. The maximum absolute atomic E-state index is 13.1. The van der Waals surface area contributed by atoms with Gasteiger partial charge in [0.2, 0.25) is 5.75 Å². The van der Waals surface area contributed by atoms with Crippen molar-refractivity contribution in [1.29, 1.82) is 0 Å². The number of hydrogen-bond acceptors (Lipinski definition) is 6. The molecule has 0 spiro atoms. The summed E-state index contributed by atoms with van der Waals surface area (Å²) in [5.41, 5.74) is 2.50. The molecule has 1 heterocycles. The van der Waals surface area contributed by atoms with E-state index in [0.717, 1.165) is 32.1 Å². The van der Waals surface area contributed by atoms with E-state index in [1.165, 1.54) is 43.3 Å². The Morgan fingerprint density at radius 2 is 1.55 bits per heavy atom. The van der Waals surface area contributed by atoms with Crippen molar-refractivity contribution in [1.82, 2.24) is 0 Å². The molecular weight excluding hydrogens is 528 g/mol. The van der Waals surface area contributed by atoms with E-state index in [2.05, 4.69) is 39.8 Å². The highest BCUT2D eigenvalue weighted by atomic mass is 16.6. The van der Waals surface area contributed by atoms with E-state index in [0.29, 0.717) is 29.9 Å². The molecule has 2 aromatic carbocycles. The molecule has 0 amide bonds. The van der Waals surface area contributed by atoms with Gasteiger partial charge in [-0.25, -0.2) is 9.59 Å². The summed E-state index contributed by atoms with van der Waals surface area (Å²) in [6.07, 6.45) is 15.4. The minimum Gasteiger partial charge on any atom is -0.489 e. The van der Waals surface area contributed by atoms with Crippen LogP contribution in [0, 0.1) is 0 Å². The van der Waals surface area contributed by atoms with Crippen LogP contribution < -0.4 is 19.8 Å². The van der Waals surface area contributed by atoms with Crippen molar-refractivity contribution in [3.8, 4) is 17.2 Å². The lowest BCUT2D eigenvalue weighted by atomic mass is 10.1. The topological polar surface area (TPSA) is 75.0 Å². The molecule has 3 rings (SSSR count).